The molecule has 3 rings (SSSR count). The first kappa shape index (κ1) is 22.2. The van der Waals surface area contributed by atoms with Gasteiger partial charge in [0, 0.05) is 26.7 Å². The molecule has 0 radical (unpaired) electrons. The van der Waals surface area contributed by atoms with E-state index >= 15 is 0 Å². The van der Waals surface area contributed by atoms with Gasteiger partial charge in [0.05, 0.1) is 10.9 Å². The number of amides is 2. The minimum Gasteiger partial charge on any atom is -0.334 e. The summed E-state index contributed by atoms with van der Waals surface area (Å²) >= 11 is 0. The van der Waals surface area contributed by atoms with Crippen molar-refractivity contribution >= 4 is 16.1 Å². The summed E-state index contributed by atoms with van der Waals surface area (Å²) in [6, 6.07) is 12.2. The Kier molecular flexibility index (Phi) is 7.10. The van der Waals surface area contributed by atoms with Crippen LogP contribution < -0.4 is 5.32 Å². The molecule has 1 aliphatic rings. The Balaban J connectivity index is 1.57. The second-order valence-corrected chi connectivity index (χ2v) is 9.54. The maximum atomic E-state index is 13.1. The second-order valence-electron chi connectivity index (χ2n) is 7.61. The molecule has 1 aliphatic heterocycles. The van der Waals surface area contributed by atoms with Crippen molar-refractivity contribution in [2.75, 3.05) is 20.1 Å². The number of carbonyl (C=O) groups is 1. The van der Waals surface area contributed by atoms with E-state index in [2.05, 4.69) is 5.32 Å². The van der Waals surface area contributed by atoms with Crippen LogP contribution >= 0.6 is 0 Å². The second kappa shape index (κ2) is 9.57. The van der Waals surface area contributed by atoms with Gasteiger partial charge < -0.3 is 10.2 Å². The summed E-state index contributed by atoms with van der Waals surface area (Å²) in [5.74, 6) is -0.316. The van der Waals surface area contributed by atoms with E-state index in [1.165, 1.54) is 12.1 Å². The Bertz CT molecular complexity index is 956. The highest BCUT2D eigenvalue weighted by Crippen LogP contribution is 2.21. The molecule has 1 atom stereocenters. The molecular formula is C22H28FN3O3S. The molecule has 1 saturated heterocycles. The first-order chi connectivity index (χ1) is 14.3. The Morgan fingerprint density at radius 2 is 1.67 bits per heavy atom. The third-order valence-electron chi connectivity index (χ3n) is 5.57. The highest BCUT2D eigenvalue weighted by atomic mass is 32.2. The van der Waals surface area contributed by atoms with Gasteiger partial charge in [0.2, 0.25) is 10.0 Å². The van der Waals surface area contributed by atoms with Crippen molar-refractivity contribution < 1.29 is 17.6 Å². The average molecular weight is 434 g/mol. The molecule has 162 valence electrons. The van der Waals surface area contributed by atoms with Crippen LogP contribution in [0.25, 0.3) is 0 Å². The molecule has 2 amide bonds. The molecule has 0 aromatic heterocycles. The third-order valence-corrected chi connectivity index (χ3v) is 7.49. The fourth-order valence-electron chi connectivity index (χ4n) is 3.48. The highest BCUT2D eigenvalue weighted by Gasteiger charge is 2.25. The van der Waals surface area contributed by atoms with Crippen molar-refractivity contribution in [3.63, 3.8) is 0 Å². The first-order valence-electron chi connectivity index (χ1n) is 10.1. The zero-order valence-corrected chi connectivity index (χ0v) is 18.2. The topological polar surface area (TPSA) is 69.7 Å². The predicted octanol–water partition coefficient (Wildman–Crippen LogP) is 3.90. The van der Waals surface area contributed by atoms with Crippen molar-refractivity contribution in [3.8, 4) is 0 Å². The number of nitrogens with zero attached hydrogens (tertiary/aromatic N) is 2. The van der Waals surface area contributed by atoms with Crippen molar-refractivity contribution in [1.82, 2.24) is 14.5 Å². The summed E-state index contributed by atoms with van der Waals surface area (Å²) in [5, 5.41) is 2.84. The summed E-state index contributed by atoms with van der Waals surface area (Å²) in [6.07, 6.45) is 2.86. The summed E-state index contributed by atoms with van der Waals surface area (Å²) in [7, 11) is -1.78. The zero-order chi connectivity index (χ0) is 21.7. The van der Waals surface area contributed by atoms with E-state index < -0.39 is 10.0 Å². The predicted molar refractivity (Wildman–Crippen MR) is 114 cm³/mol. The lowest BCUT2D eigenvalue weighted by molar-refractivity contribution is 0.194. The van der Waals surface area contributed by atoms with Gasteiger partial charge in [-0.15, -0.1) is 0 Å². The van der Waals surface area contributed by atoms with Gasteiger partial charge in [0.1, 0.15) is 5.82 Å². The third kappa shape index (κ3) is 5.17. The quantitative estimate of drug-likeness (QED) is 0.751. The molecule has 8 heteroatoms. The van der Waals surface area contributed by atoms with Gasteiger partial charge in [-0.25, -0.2) is 17.6 Å². The Morgan fingerprint density at radius 1 is 1.07 bits per heavy atom. The molecule has 1 heterocycles. The fourth-order valence-corrected chi connectivity index (χ4v) is 4.99. The summed E-state index contributed by atoms with van der Waals surface area (Å²) in [6.45, 7) is 3.29. The van der Waals surface area contributed by atoms with Crippen LogP contribution in [0.4, 0.5) is 9.18 Å². The molecule has 6 nitrogen and oxygen atoms in total. The maximum Gasteiger partial charge on any atom is 0.317 e. The Labute approximate surface area is 177 Å². The number of nitrogens with one attached hydrogen (secondary N) is 1. The van der Waals surface area contributed by atoms with E-state index in [0.717, 1.165) is 30.4 Å². The lowest BCUT2D eigenvalue weighted by atomic mass is 10.1. The van der Waals surface area contributed by atoms with Crippen LogP contribution in [-0.2, 0) is 16.6 Å². The average Bonchev–Trinajstić information content (AvgIpc) is 2.78. The van der Waals surface area contributed by atoms with E-state index in [1.54, 1.807) is 52.7 Å². The number of sulfonamides is 1. The number of rotatable bonds is 6. The SMILES string of the molecule is C[C@H](c1ccc(F)cc1)N(C)C(=O)NCc1ccc(S(=O)(=O)N2CCCCC2)cc1. The molecule has 2 aromatic rings. The largest absolute Gasteiger partial charge is 0.334 e. The maximum absolute atomic E-state index is 13.1. The summed E-state index contributed by atoms with van der Waals surface area (Å²) in [4.78, 5) is 14.3. The van der Waals surface area contributed by atoms with Gasteiger partial charge in [-0.05, 0) is 55.2 Å². The number of halogens is 1. The number of urea groups is 1. The minimum atomic E-state index is -3.46. The van der Waals surface area contributed by atoms with E-state index in [9.17, 15) is 17.6 Å². The van der Waals surface area contributed by atoms with Crippen molar-refractivity contribution in [1.29, 1.82) is 0 Å². The fraction of sp³-hybridized carbons (Fsp3) is 0.409. The van der Waals surface area contributed by atoms with Gasteiger partial charge in [-0.1, -0.05) is 30.7 Å². The van der Waals surface area contributed by atoms with Crippen LogP contribution in [-0.4, -0.2) is 43.8 Å². The first-order valence-corrected chi connectivity index (χ1v) is 11.6. The molecular weight excluding hydrogens is 405 g/mol. The molecule has 0 aliphatic carbocycles. The molecule has 0 unspecified atom stereocenters. The van der Waals surface area contributed by atoms with Gasteiger partial charge in [-0.3, -0.25) is 0 Å². The van der Waals surface area contributed by atoms with Crippen LogP contribution in [0.2, 0.25) is 0 Å². The molecule has 1 N–H and O–H groups in total. The number of carbonyl (C=O) groups excluding carboxylic acids is 1. The molecule has 0 bridgehead atoms. The number of hydrogen-bond donors (Lipinski definition) is 1. The summed E-state index contributed by atoms with van der Waals surface area (Å²) < 4.78 is 40.1. The van der Waals surface area contributed by atoms with Crippen LogP contribution in [0.15, 0.2) is 53.4 Å². The van der Waals surface area contributed by atoms with E-state index in [-0.39, 0.29) is 29.3 Å². The number of benzene rings is 2. The van der Waals surface area contributed by atoms with Crippen LogP contribution in [0.3, 0.4) is 0 Å². The number of piperidine rings is 1. The smallest absolute Gasteiger partial charge is 0.317 e. The molecule has 1 fully saturated rings. The normalized spacial score (nSPS) is 16.1. The monoisotopic (exact) mass is 433 g/mol. The van der Waals surface area contributed by atoms with Crippen LogP contribution in [0, 0.1) is 5.82 Å². The summed E-state index contributed by atoms with van der Waals surface area (Å²) in [5.41, 5.74) is 1.64. The minimum absolute atomic E-state index is 0.220. The lowest BCUT2D eigenvalue weighted by Crippen LogP contribution is -2.38. The lowest BCUT2D eigenvalue weighted by Gasteiger charge is -2.26. The van der Waals surface area contributed by atoms with Gasteiger partial charge in [0.15, 0.2) is 0 Å². The van der Waals surface area contributed by atoms with Crippen LogP contribution in [0.1, 0.15) is 43.4 Å². The Morgan fingerprint density at radius 3 is 2.27 bits per heavy atom. The van der Waals surface area contributed by atoms with E-state index in [1.807, 2.05) is 6.92 Å². The molecule has 30 heavy (non-hydrogen) atoms. The van der Waals surface area contributed by atoms with Crippen LogP contribution in [0.5, 0.6) is 0 Å². The van der Waals surface area contributed by atoms with Gasteiger partial charge in [-0.2, -0.15) is 4.31 Å². The molecule has 2 aromatic carbocycles. The van der Waals surface area contributed by atoms with Gasteiger partial charge in [0.25, 0.3) is 0 Å². The van der Waals surface area contributed by atoms with Crippen molar-refractivity contribution in [2.45, 2.75) is 43.7 Å². The van der Waals surface area contributed by atoms with E-state index in [0.29, 0.717) is 13.1 Å². The number of hydrogen-bond acceptors (Lipinski definition) is 3. The standard InChI is InChI=1S/C22H28FN3O3S/c1-17(19-8-10-20(23)11-9-19)25(2)22(27)24-16-18-6-12-21(13-7-18)30(28,29)26-14-4-3-5-15-26/h6-13,17H,3-5,14-16H2,1-2H3,(H,24,27)/t17-/m1/s1. The van der Waals surface area contributed by atoms with Gasteiger partial charge >= 0.3 is 6.03 Å². The van der Waals surface area contributed by atoms with Crippen molar-refractivity contribution in [3.05, 3.63) is 65.5 Å². The Hall–Kier alpha value is -2.45. The highest BCUT2D eigenvalue weighted by molar-refractivity contribution is 7.89. The van der Waals surface area contributed by atoms with E-state index in [4.69, 9.17) is 0 Å². The molecule has 0 saturated carbocycles. The van der Waals surface area contributed by atoms with Crippen molar-refractivity contribution in [2.24, 2.45) is 0 Å². The zero-order valence-electron chi connectivity index (χ0n) is 17.3. The molecule has 0 spiro atoms.